The van der Waals surface area contributed by atoms with Gasteiger partial charge in [-0.15, -0.1) is 0 Å². The number of aromatic hydroxyl groups is 1. The molecule has 9 nitrogen and oxygen atoms in total. The minimum atomic E-state index is -5.10. The summed E-state index contributed by atoms with van der Waals surface area (Å²) < 4.78 is 22.2. The first kappa shape index (κ1) is 23.8. The Morgan fingerprint density at radius 3 is 2.64 bits per heavy atom. The molecule has 1 aromatic heterocycles. The molecule has 33 heavy (non-hydrogen) atoms. The lowest BCUT2D eigenvalue weighted by molar-refractivity contribution is 0.0631. The Bertz CT molecular complexity index is 1340. The molecule has 4 rings (SSSR count). The highest BCUT2D eigenvalue weighted by atomic mass is 35.5. The lowest BCUT2D eigenvalue weighted by atomic mass is 9.84. The largest absolute Gasteiger partial charge is 0.524 e. The molecule has 12 heteroatoms. The molecule has 2 radical (unpaired) electrons. The summed E-state index contributed by atoms with van der Waals surface area (Å²) in [6.45, 7) is 0.906. The Hall–Kier alpha value is -2.33. The monoisotopic (exact) mass is 491 g/mol. The predicted molar refractivity (Wildman–Crippen MR) is 124 cm³/mol. The van der Waals surface area contributed by atoms with E-state index in [-0.39, 0.29) is 32.8 Å². The molecule has 0 amide bonds. The van der Waals surface area contributed by atoms with Gasteiger partial charge in [-0.25, -0.2) is 4.57 Å². The van der Waals surface area contributed by atoms with E-state index < -0.39 is 36.8 Å². The molecule has 2 atom stereocenters. The van der Waals surface area contributed by atoms with E-state index >= 15 is 0 Å². The summed E-state index contributed by atoms with van der Waals surface area (Å²) in [5.74, 6) is -1.74. The average molecular weight is 492 g/mol. The second kappa shape index (κ2) is 8.79. The molecule has 172 valence electrons. The third-order valence-electron chi connectivity index (χ3n) is 5.67. The number of aliphatic hydroxyl groups is 1. The van der Waals surface area contributed by atoms with E-state index in [0.717, 1.165) is 6.07 Å². The van der Waals surface area contributed by atoms with E-state index in [4.69, 9.17) is 23.9 Å². The maximum absolute atomic E-state index is 13.3. The van der Waals surface area contributed by atoms with Gasteiger partial charge in [-0.2, -0.15) is 0 Å². The molecule has 1 aliphatic heterocycles. The van der Waals surface area contributed by atoms with Gasteiger partial charge in [0.15, 0.2) is 5.43 Å². The third-order valence-corrected chi connectivity index (χ3v) is 6.44. The van der Waals surface area contributed by atoms with Crippen LogP contribution in [-0.4, -0.2) is 59.0 Å². The summed E-state index contributed by atoms with van der Waals surface area (Å²) in [6, 6.07) is 7.43. The number of phenols is 1. The molecule has 1 saturated heterocycles. The molecule has 2 aromatic carbocycles. The molecular formula is C21H20BClNO8P. The van der Waals surface area contributed by atoms with Crippen LogP contribution in [0.1, 0.15) is 17.9 Å². The van der Waals surface area contributed by atoms with Gasteiger partial charge >= 0.3 is 7.82 Å². The fourth-order valence-corrected chi connectivity index (χ4v) is 4.80. The topological polar surface area (TPSA) is 141 Å². The van der Waals surface area contributed by atoms with Crippen molar-refractivity contribution in [3.8, 4) is 22.8 Å². The maximum Gasteiger partial charge on any atom is 0.524 e. The van der Waals surface area contributed by atoms with Crippen LogP contribution in [0.4, 0.5) is 0 Å². The average Bonchev–Trinajstić information content (AvgIpc) is 2.71. The van der Waals surface area contributed by atoms with E-state index in [1.54, 1.807) is 24.3 Å². The van der Waals surface area contributed by atoms with Gasteiger partial charge < -0.3 is 24.1 Å². The van der Waals surface area contributed by atoms with Crippen LogP contribution in [-0.2, 0) is 4.57 Å². The van der Waals surface area contributed by atoms with Crippen LogP contribution in [0.3, 0.4) is 0 Å². The van der Waals surface area contributed by atoms with Gasteiger partial charge in [0.2, 0.25) is 0 Å². The van der Waals surface area contributed by atoms with Gasteiger partial charge in [-0.05, 0) is 37.6 Å². The fraction of sp³-hybridized carbons (Fsp3) is 0.286. The van der Waals surface area contributed by atoms with Crippen molar-refractivity contribution < 1.29 is 33.5 Å². The van der Waals surface area contributed by atoms with Crippen LogP contribution in [0.15, 0.2) is 39.5 Å². The van der Waals surface area contributed by atoms with Crippen LogP contribution in [0, 0.1) is 0 Å². The minimum Gasteiger partial charge on any atom is -0.507 e. The van der Waals surface area contributed by atoms with Crippen molar-refractivity contribution >= 4 is 43.7 Å². The first-order valence-corrected chi connectivity index (χ1v) is 11.9. The Morgan fingerprint density at radius 2 is 2.00 bits per heavy atom. The summed E-state index contributed by atoms with van der Waals surface area (Å²) >= 11 is 6.27. The van der Waals surface area contributed by atoms with Gasteiger partial charge in [0, 0.05) is 29.7 Å². The number of aliphatic hydroxyl groups excluding tert-OH is 1. The molecular weight excluding hydrogens is 471 g/mol. The van der Waals surface area contributed by atoms with E-state index in [1.807, 2.05) is 11.9 Å². The zero-order chi connectivity index (χ0) is 24.1. The smallest absolute Gasteiger partial charge is 0.507 e. The van der Waals surface area contributed by atoms with E-state index in [0.29, 0.717) is 25.1 Å². The van der Waals surface area contributed by atoms with Crippen molar-refractivity contribution in [2.75, 3.05) is 20.1 Å². The number of likely N-dealkylation sites (N-methyl/N-ethyl adjacent to an activating group) is 1. The number of β-amino-alcohol motifs (C(OH)–C–C–N with tert-alkyl or cyclic N) is 1. The lowest BCUT2D eigenvalue weighted by Gasteiger charge is -2.34. The highest BCUT2D eigenvalue weighted by Gasteiger charge is 2.34. The number of likely N-dealkylation sites (tertiary alicyclic amines) is 1. The predicted octanol–water partition coefficient (Wildman–Crippen LogP) is 1.86. The zero-order valence-electron chi connectivity index (χ0n) is 17.4. The van der Waals surface area contributed by atoms with Crippen molar-refractivity contribution in [3.63, 3.8) is 0 Å². The fourth-order valence-electron chi connectivity index (χ4n) is 4.18. The Kier molecular flexibility index (Phi) is 6.35. The van der Waals surface area contributed by atoms with Crippen molar-refractivity contribution in [2.24, 2.45) is 0 Å². The summed E-state index contributed by atoms with van der Waals surface area (Å²) in [4.78, 5) is 33.9. The van der Waals surface area contributed by atoms with Crippen LogP contribution in [0.2, 0.25) is 5.02 Å². The number of hydrogen-bond donors (Lipinski definition) is 4. The number of phenolic OH excluding ortho intramolecular Hbond substituents is 1. The molecule has 1 aliphatic rings. The van der Waals surface area contributed by atoms with E-state index in [2.05, 4.69) is 4.52 Å². The number of nitrogens with zero attached hydrogens (tertiary/aromatic N) is 1. The number of benzene rings is 2. The normalized spacial score (nSPS) is 19.7. The SMILES string of the molecule is [B]c1c(-c2ccccc2Cl)oc2c([C@H]3CCN(C)C[C@H]3O)c(O)cc(OP(=O)(O)O)c2c1=O. The van der Waals surface area contributed by atoms with Crippen LogP contribution in [0.25, 0.3) is 22.3 Å². The van der Waals surface area contributed by atoms with Gasteiger partial charge in [0.05, 0.1) is 11.1 Å². The summed E-state index contributed by atoms with van der Waals surface area (Å²) in [6.07, 6.45) is -0.479. The van der Waals surface area contributed by atoms with Crippen molar-refractivity contribution in [3.05, 3.63) is 51.1 Å². The van der Waals surface area contributed by atoms with Crippen LogP contribution in [0.5, 0.6) is 11.5 Å². The van der Waals surface area contributed by atoms with Crippen molar-refractivity contribution in [1.29, 1.82) is 0 Å². The molecule has 0 aliphatic carbocycles. The molecule has 0 spiro atoms. The molecule has 0 saturated carbocycles. The summed E-state index contributed by atoms with van der Waals surface area (Å²) in [7, 11) is 2.80. The highest BCUT2D eigenvalue weighted by Crippen LogP contribution is 2.47. The summed E-state index contributed by atoms with van der Waals surface area (Å²) in [5.41, 5.74) is -0.938. The molecule has 0 bridgehead atoms. The quantitative estimate of drug-likeness (QED) is 0.318. The lowest BCUT2D eigenvalue weighted by Crippen LogP contribution is -2.40. The maximum atomic E-state index is 13.3. The molecule has 0 unspecified atom stereocenters. The number of phosphoric acid groups is 1. The van der Waals surface area contributed by atoms with Gasteiger partial charge in [-0.1, -0.05) is 23.7 Å². The first-order chi connectivity index (χ1) is 15.5. The van der Waals surface area contributed by atoms with E-state index in [9.17, 15) is 29.4 Å². The Balaban J connectivity index is 2.08. The summed E-state index contributed by atoms with van der Waals surface area (Å²) in [5, 5.41) is 21.4. The number of piperidine rings is 1. The van der Waals surface area contributed by atoms with Gasteiger partial charge in [0.1, 0.15) is 36.1 Å². The number of phosphoric ester groups is 1. The standard InChI is InChI=1S/C21H20BClNO8P/c1-24-7-6-11(14(26)9-24)16-13(25)8-15(32-33(28,29)30)17-19(27)18(22)20(31-21(16)17)10-4-2-3-5-12(10)23/h2-5,8,11,14,25-26H,6-7,9H2,1H3,(H2,28,29,30)/t11-,14+/m0/s1. The second-order valence-electron chi connectivity index (χ2n) is 7.97. The highest BCUT2D eigenvalue weighted by molar-refractivity contribution is 7.46. The Labute approximate surface area is 194 Å². The van der Waals surface area contributed by atoms with Crippen molar-refractivity contribution in [1.82, 2.24) is 4.90 Å². The zero-order valence-corrected chi connectivity index (χ0v) is 19.1. The number of hydrogen-bond acceptors (Lipinski definition) is 7. The van der Waals surface area contributed by atoms with Crippen LogP contribution >= 0.6 is 19.4 Å². The second-order valence-corrected chi connectivity index (χ2v) is 9.54. The number of rotatable bonds is 4. The van der Waals surface area contributed by atoms with E-state index in [1.165, 1.54) is 0 Å². The molecule has 4 N–H and O–H groups in total. The van der Waals surface area contributed by atoms with Crippen molar-refractivity contribution in [2.45, 2.75) is 18.4 Å². The Morgan fingerprint density at radius 1 is 1.30 bits per heavy atom. The molecule has 1 fully saturated rings. The number of fused-ring (bicyclic) bond motifs is 1. The van der Waals surface area contributed by atoms with Crippen LogP contribution < -0.4 is 15.4 Å². The van der Waals surface area contributed by atoms with Gasteiger partial charge in [0.25, 0.3) is 0 Å². The molecule has 2 heterocycles. The number of halogens is 1. The first-order valence-electron chi connectivity index (χ1n) is 9.96. The minimum absolute atomic E-state index is 0.0745. The molecule has 3 aromatic rings. The van der Waals surface area contributed by atoms with Gasteiger partial charge in [-0.3, -0.25) is 14.6 Å². The third kappa shape index (κ3) is 4.55.